The molecule has 0 aliphatic rings. The van der Waals surface area contributed by atoms with E-state index in [2.05, 4.69) is 15.3 Å². The Morgan fingerprint density at radius 1 is 1.21 bits per heavy atom. The second-order valence-corrected chi connectivity index (χ2v) is 9.08. The van der Waals surface area contributed by atoms with E-state index < -0.39 is 0 Å². The van der Waals surface area contributed by atoms with E-state index in [0.717, 1.165) is 10.4 Å². The van der Waals surface area contributed by atoms with Crippen LogP contribution in [0.2, 0.25) is 10.0 Å². The second kappa shape index (κ2) is 8.62. The third kappa shape index (κ3) is 4.67. The van der Waals surface area contributed by atoms with Gasteiger partial charge in [-0.1, -0.05) is 23.2 Å². The van der Waals surface area contributed by atoms with Crippen molar-refractivity contribution in [3.63, 3.8) is 0 Å². The maximum absolute atomic E-state index is 12.4. The van der Waals surface area contributed by atoms with Crippen molar-refractivity contribution in [1.82, 2.24) is 14.5 Å². The molecule has 1 N–H and O–H groups in total. The van der Waals surface area contributed by atoms with Crippen LogP contribution in [-0.2, 0) is 17.8 Å². The van der Waals surface area contributed by atoms with E-state index in [1.165, 1.54) is 33.6 Å². The van der Waals surface area contributed by atoms with Crippen LogP contribution in [0.3, 0.4) is 0 Å². The fraction of sp³-hybridized carbons (Fsp3) is 0.158. The number of rotatable bonds is 6. The lowest BCUT2D eigenvalue weighted by Crippen LogP contribution is -2.23. The molecule has 6 nitrogen and oxygen atoms in total. The third-order valence-corrected chi connectivity index (χ3v) is 6.54. The van der Waals surface area contributed by atoms with Gasteiger partial charge in [0, 0.05) is 40.5 Å². The van der Waals surface area contributed by atoms with Gasteiger partial charge in [0.2, 0.25) is 5.91 Å². The summed E-state index contributed by atoms with van der Waals surface area (Å²) in [6.07, 6.45) is 3.90. The summed E-state index contributed by atoms with van der Waals surface area (Å²) in [5.74, 6) is -0.219. The molecule has 10 heteroatoms. The summed E-state index contributed by atoms with van der Waals surface area (Å²) < 4.78 is 1.45. The Labute approximate surface area is 183 Å². The van der Waals surface area contributed by atoms with Gasteiger partial charge >= 0.3 is 0 Å². The van der Waals surface area contributed by atoms with Crippen LogP contribution in [0.4, 0.5) is 5.13 Å². The van der Waals surface area contributed by atoms with Gasteiger partial charge in [0.1, 0.15) is 4.83 Å². The van der Waals surface area contributed by atoms with Crippen LogP contribution in [0.15, 0.2) is 47.0 Å². The largest absolute Gasteiger partial charge is 0.302 e. The molecular weight excluding hydrogens is 451 g/mol. The van der Waals surface area contributed by atoms with E-state index in [1.807, 2.05) is 11.4 Å². The molecule has 0 bridgehead atoms. The van der Waals surface area contributed by atoms with Crippen molar-refractivity contribution in [2.45, 2.75) is 19.4 Å². The average molecular weight is 465 g/mol. The minimum atomic E-state index is -0.219. The number of fused-ring (bicyclic) bond motifs is 1. The van der Waals surface area contributed by atoms with Gasteiger partial charge in [-0.15, -0.1) is 22.7 Å². The molecule has 3 heterocycles. The molecule has 4 rings (SSSR count). The Balaban J connectivity index is 1.37. The maximum Gasteiger partial charge on any atom is 0.262 e. The van der Waals surface area contributed by atoms with Crippen molar-refractivity contribution in [2.24, 2.45) is 0 Å². The topological polar surface area (TPSA) is 76.9 Å². The Morgan fingerprint density at radius 2 is 2.07 bits per heavy atom. The predicted molar refractivity (Wildman–Crippen MR) is 119 cm³/mol. The van der Waals surface area contributed by atoms with Crippen molar-refractivity contribution in [2.75, 3.05) is 5.32 Å². The number of benzene rings is 1. The number of nitrogens with zero attached hydrogens (tertiary/aromatic N) is 3. The monoisotopic (exact) mass is 464 g/mol. The molecule has 0 unspecified atom stereocenters. The second-order valence-electron chi connectivity index (χ2n) is 6.22. The van der Waals surface area contributed by atoms with E-state index in [1.54, 1.807) is 24.4 Å². The Bertz CT molecular complexity index is 1250. The fourth-order valence-corrected chi connectivity index (χ4v) is 4.72. The highest BCUT2D eigenvalue weighted by Crippen LogP contribution is 2.27. The first-order valence-corrected chi connectivity index (χ1v) is 11.1. The first kappa shape index (κ1) is 20.0. The predicted octanol–water partition coefficient (Wildman–Crippen LogP) is 4.84. The Hall–Kier alpha value is -2.26. The van der Waals surface area contributed by atoms with Crippen molar-refractivity contribution in [3.05, 3.63) is 73.0 Å². The number of carbonyl (C=O) groups is 1. The number of thiophene rings is 1. The lowest BCUT2D eigenvalue weighted by molar-refractivity contribution is -0.116. The van der Waals surface area contributed by atoms with Gasteiger partial charge in [0.05, 0.1) is 11.7 Å². The molecule has 1 amide bonds. The van der Waals surface area contributed by atoms with Crippen molar-refractivity contribution >= 4 is 67.1 Å². The zero-order valence-corrected chi connectivity index (χ0v) is 18.0. The van der Waals surface area contributed by atoms with Crippen LogP contribution in [0.5, 0.6) is 0 Å². The molecule has 0 saturated heterocycles. The molecule has 148 valence electrons. The van der Waals surface area contributed by atoms with E-state index in [4.69, 9.17) is 23.2 Å². The average Bonchev–Trinajstić information content (AvgIpc) is 3.34. The lowest BCUT2D eigenvalue weighted by Gasteiger charge is -2.05. The van der Waals surface area contributed by atoms with Crippen LogP contribution >= 0.6 is 45.9 Å². The highest BCUT2D eigenvalue weighted by atomic mass is 35.5. The SMILES string of the molecule is O=C(CCn1cnc2sccc2c1=O)Nc1ncc(Cc2cc(Cl)ccc2Cl)s1. The molecule has 4 aromatic rings. The maximum atomic E-state index is 12.4. The van der Waals surface area contributed by atoms with Crippen LogP contribution in [-0.4, -0.2) is 20.4 Å². The smallest absolute Gasteiger partial charge is 0.262 e. The Kier molecular flexibility index (Phi) is 5.96. The molecule has 0 radical (unpaired) electrons. The summed E-state index contributed by atoms with van der Waals surface area (Å²) in [6, 6.07) is 7.06. The third-order valence-electron chi connectivity index (χ3n) is 4.20. The number of aryl methyl sites for hydroxylation is 1. The summed E-state index contributed by atoms with van der Waals surface area (Å²) in [5.41, 5.74) is 0.760. The standard InChI is InChI=1S/C19H14Cl2N4O2S2/c20-12-1-2-15(21)11(7-12)8-13-9-22-19(29-13)24-16(26)3-5-25-10-23-17-14(18(25)27)4-6-28-17/h1-2,4,6-7,9-10H,3,5,8H2,(H,22,24,26). The molecule has 0 aliphatic heterocycles. The molecule has 0 spiro atoms. The summed E-state index contributed by atoms with van der Waals surface area (Å²) in [4.78, 5) is 34.7. The van der Waals surface area contributed by atoms with Crippen LogP contribution in [0, 0.1) is 0 Å². The van der Waals surface area contributed by atoms with E-state index in [-0.39, 0.29) is 24.4 Å². The number of thiazole rings is 1. The number of anilines is 1. The first-order valence-electron chi connectivity index (χ1n) is 8.61. The zero-order chi connectivity index (χ0) is 20.4. The first-order chi connectivity index (χ1) is 14.0. The van der Waals surface area contributed by atoms with Crippen molar-refractivity contribution in [3.8, 4) is 0 Å². The lowest BCUT2D eigenvalue weighted by atomic mass is 10.1. The molecule has 0 saturated carbocycles. The van der Waals surface area contributed by atoms with Crippen molar-refractivity contribution < 1.29 is 4.79 Å². The van der Waals surface area contributed by atoms with E-state index in [0.29, 0.717) is 31.8 Å². The number of hydrogen-bond acceptors (Lipinski definition) is 6. The highest BCUT2D eigenvalue weighted by Gasteiger charge is 2.11. The molecule has 0 aliphatic carbocycles. The van der Waals surface area contributed by atoms with Gasteiger partial charge in [0.15, 0.2) is 5.13 Å². The van der Waals surface area contributed by atoms with Gasteiger partial charge < -0.3 is 5.32 Å². The molecule has 0 atom stereocenters. The summed E-state index contributed by atoms with van der Waals surface area (Å²) >= 11 is 15.0. The highest BCUT2D eigenvalue weighted by molar-refractivity contribution is 7.16. The van der Waals surface area contributed by atoms with Gasteiger partial charge in [0.25, 0.3) is 5.56 Å². The number of amides is 1. The van der Waals surface area contributed by atoms with Gasteiger partial charge in [-0.3, -0.25) is 14.2 Å². The summed E-state index contributed by atoms with van der Waals surface area (Å²) in [6.45, 7) is 0.250. The number of carbonyl (C=O) groups excluding carboxylic acids is 1. The molecule has 1 aromatic carbocycles. The normalized spacial score (nSPS) is 11.1. The molecule has 0 fully saturated rings. The molecule has 3 aromatic heterocycles. The van der Waals surface area contributed by atoms with Crippen LogP contribution in [0.1, 0.15) is 16.9 Å². The zero-order valence-electron chi connectivity index (χ0n) is 14.9. The Morgan fingerprint density at radius 3 is 2.93 bits per heavy atom. The number of aromatic nitrogens is 3. The number of halogens is 2. The van der Waals surface area contributed by atoms with Gasteiger partial charge in [-0.2, -0.15) is 0 Å². The number of nitrogens with one attached hydrogen (secondary N) is 1. The minimum Gasteiger partial charge on any atom is -0.302 e. The van der Waals surface area contributed by atoms with Gasteiger partial charge in [-0.25, -0.2) is 9.97 Å². The summed E-state index contributed by atoms with van der Waals surface area (Å²) in [7, 11) is 0. The number of hydrogen-bond donors (Lipinski definition) is 1. The van der Waals surface area contributed by atoms with Gasteiger partial charge in [-0.05, 0) is 35.2 Å². The van der Waals surface area contributed by atoms with E-state index >= 15 is 0 Å². The molecular formula is C19H14Cl2N4O2S2. The van der Waals surface area contributed by atoms with Crippen LogP contribution in [0.25, 0.3) is 10.2 Å². The van der Waals surface area contributed by atoms with Crippen molar-refractivity contribution in [1.29, 1.82) is 0 Å². The quantitative estimate of drug-likeness (QED) is 0.442. The van der Waals surface area contributed by atoms with Crippen LogP contribution < -0.4 is 10.9 Å². The van der Waals surface area contributed by atoms with E-state index in [9.17, 15) is 9.59 Å². The summed E-state index contributed by atoms with van der Waals surface area (Å²) in [5, 5.41) is 6.92. The minimum absolute atomic E-state index is 0.140. The molecule has 29 heavy (non-hydrogen) atoms. The fourth-order valence-electron chi connectivity index (χ4n) is 2.77.